The maximum Gasteiger partial charge on any atom is 0.269 e. The molecule has 158 valence electrons. The number of carbonyl (C=O) groups is 1. The second-order valence-electron chi connectivity index (χ2n) is 7.34. The number of fused-ring (bicyclic) bond motifs is 1. The molecule has 0 spiro atoms. The number of aromatic amines is 1. The van der Waals surface area contributed by atoms with Crippen LogP contribution in [0.5, 0.6) is 0 Å². The standard InChI is InChI=1S/C23H18N6O2S/c1-24-16-6-2-3-8-18(16)28-10-12-29(13-11-28)23(31)15-14-32-20-19(15)26-21(27-22(20)30)17-7-4-5-9-25-17/h2-9,14H,10-13H2,(H,26,27,30). The first-order valence-electron chi connectivity index (χ1n) is 10.1. The number of aromatic nitrogens is 3. The predicted molar refractivity (Wildman–Crippen MR) is 124 cm³/mol. The van der Waals surface area contributed by atoms with Crippen LogP contribution in [-0.4, -0.2) is 51.9 Å². The van der Waals surface area contributed by atoms with E-state index in [-0.39, 0.29) is 11.5 Å². The first kappa shape index (κ1) is 19.9. The molecule has 8 nitrogen and oxygen atoms in total. The summed E-state index contributed by atoms with van der Waals surface area (Å²) < 4.78 is 0.428. The minimum atomic E-state index is -0.278. The maximum absolute atomic E-state index is 13.3. The van der Waals surface area contributed by atoms with Crippen LogP contribution in [0.1, 0.15) is 10.4 Å². The van der Waals surface area contributed by atoms with Gasteiger partial charge in [-0.15, -0.1) is 11.3 Å². The number of piperazine rings is 1. The van der Waals surface area contributed by atoms with Crippen molar-refractivity contribution in [2.24, 2.45) is 0 Å². The Hall–Kier alpha value is -4.03. The lowest BCUT2D eigenvalue weighted by Gasteiger charge is -2.36. The highest BCUT2D eigenvalue weighted by Crippen LogP contribution is 2.30. The summed E-state index contributed by atoms with van der Waals surface area (Å²) >= 11 is 1.22. The monoisotopic (exact) mass is 442 g/mol. The number of carbonyl (C=O) groups excluding carboxylic acids is 1. The van der Waals surface area contributed by atoms with Gasteiger partial charge in [0, 0.05) is 43.4 Å². The number of nitrogens with one attached hydrogen (secondary N) is 1. The molecule has 0 saturated carbocycles. The Labute approximate surface area is 187 Å². The van der Waals surface area contributed by atoms with Gasteiger partial charge in [-0.3, -0.25) is 14.6 Å². The van der Waals surface area contributed by atoms with Crippen LogP contribution in [0.4, 0.5) is 11.4 Å². The average Bonchev–Trinajstić information content (AvgIpc) is 3.29. The molecule has 0 unspecified atom stereocenters. The topological polar surface area (TPSA) is 86.5 Å². The molecule has 1 amide bonds. The van der Waals surface area contributed by atoms with E-state index in [0.29, 0.717) is 59.2 Å². The SMILES string of the molecule is [C-]#[N+]c1ccccc1N1CCN(C(=O)c2csc3c(=O)[nH]c(-c4ccccn4)nc23)CC1. The number of nitrogens with zero attached hydrogens (tertiary/aromatic N) is 5. The van der Waals surface area contributed by atoms with Crippen LogP contribution >= 0.6 is 11.3 Å². The molecular formula is C23H18N6O2S. The molecule has 9 heteroatoms. The summed E-state index contributed by atoms with van der Waals surface area (Å²) in [6, 6.07) is 12.9. The highest BCUT2D eigenvalue weighted by molar-refractivity contribution is 7.17. The van der Waals surface area contributed by atoms with Gasteiger partial charge in [-0.25, -0.2) is 9.83 Å². The molecule has 3 aromatic heterocycles. The van der Waals surface area contributed by atoms with E-state index in [1.165, 1.54) is 11.3 Å². The fourth-order valence-corrected chi connectivity index (χ4v) is 4.72. The number of anilines is 1. The third-order valence-electron chi connectivity index (χ3n) is 5.47. The van der Waals surface area contributed by atoms with Crippen molar-refractivity contribution in [1.82, 2.24) is 19.9 Å². The van der Waals surface area contributed by atoms with Gasteiger partial charge < -0.3 is 14.8 Å². The van der Waals surface area contributed by atoms with Crippen LogP contribution in [0, 0.1) is 6.57 Å². The van der Waals surface area contributed by atoms with Gasteiger partial charge in [0.05, 0.1) is 12.1 Å². The minimum absolute atomic E-state index is 0.139. The molecule has 0 aliphatic carbocycles. The van der Waals surface area contributed by atoms with Gasteiger partial charge in [0.15, 0.2) is 5.82 Å². The molecule has 1 saturated heterocycles. The van der Waals surface area contributed by atoms with Crippen molar-refractivity contribution < 1.29 is 4.79 Å². The van der Waals surface area contributed by atoms with Crippen molar-refractivity contribution in [3.8, 4) is 11.5 Å². The summed E-state index contributed by atoms with van der Waals surface area (Å²) in [4.78, 5) is 45.0. The lowest BCUT2D eigenvalue weighted by atomic mass is 10.2. The number of para-hydroxylation sites is 2. The largest absolute Gasteiger partial charge is 0.377 e. The maximum atomic E-state index is 13.3. The van der Waals surface area contributed by atoms with Crippen molar-refractivity contribution in [2.75, 3.05) is 31.1 Å². The van der Waals surface area contributed by atoms with Gasteiger partial charge in [0.25, 0.3) is 11.5 Å². The number of pyridine rings is 1. The first-order valence-corrected chi connectivity index (χ1v) is 11.0. The Kier molecular flexibility index (Phi) is 5.13. The molecule has 1 aliphatic heterocycles. The van der Waals surface area contributed by atoms with E-state index < -0.39 is 0 Å². The summed E-state index contributed by atoms with van der Waals surface area (Å²) in [5.41, 5.74) is 2.61. The molecule has 32 heavy (non-hydrogen) atoms. The molecule has 1 N–H and O–H groups in total. The number of benzene rings is 1. The van der Waals surface area contributed by atoms with E-state index >= 15 is 0 Å². The second-order valence-corrected chi connectivity index (χ2v) is 8.22. The zero-order valence-electron chi connectivity index (χ0n) is 17.0. The van der Waals surface area contributed by atoms with E-state index in [1.807, 2.05) is 24.3 Å². The molecular weight excluding hydrogens is 424 g/mol. The second kappa shape index (κ2) is 8.24. The fraction of sp³-hybridized carbons (Fsp3) is 0.174. The molecule has 0 atom stereocenters. The van der Waals surface area contributed by atoms with E-state index in [2.05, 4.69) is 24.7 Å². The number of hydrogen-bond acceptors (Lipinski definition) is 6. The molecule has 4 aromatic rings. The third kappa shape index (κ3) is 3.50. The number of hydrogen-bond donors (Lipinski definition) is 1. The zero-order valence-corrected chi connectivity index (χ0v) is 17.8. The van der Waals surface area contributed by atoms with E-state index in [1.54, 1.807) is 34.7 Å². The van der Waals surface area contributed by atoms with Crippen LogP contribution in [0.2, 0.25) is 0 Å². The van der Waals surface area contributed by atoms with Crippen molar-refractivity contribution in [1.29, 1.82) is 0 Å². The van der Waals surface area contributed by atoms with Crippen LogP contribution < -0.4 is 10.5 Å². The normalized spacial score (nSPS) is 13.8. The highest BCUT2D eigenvalue weighted by Gasteiger charge is 2.26. The first-order chi connectivity index (χ1) is 15.7. The number of H-pyrrole nitrogens is 1. The number of thiophene rings is 1. The molecule has 4 heterocycles. The molecule has 5 rings (SSSR count). The third-order valence-corrected chi connectivity index (χ3v) is 6.44. The van der Waals surface area contributed by atoms with Gasteiger partial charge in [0.1, 0.15) is 15.9 Å². The van der Waals surface area contributed by atoms with Crippen LogP contribution in [0.15, 0.2) is 58.8 Å². The lowest BCUT2D eigenvalue weighted by molar-refractivity contribution is 0.0749. The van der Waals surface area contributed by atoms with Gasteiger partial charge in [-0.1, -0.05) is 24.3 Å². The Bertz CT molecular complexity index is 1400. The van der Waals surface area contributed by atoms with E-state index in [4.69, 9.17) is 6.57 Å². The van der Waals surface area contributed by atoms with Gasteiger partial charge in [0.2, 0.25) is 5.69 Å². The van der Waals surface area contributed by atoms with Crippen molar-refractivity contribution in [2.45, 2.75) is 0 Å². The molecule has 1 fully saturated rings. The zero-order chi connectivity index (χ0) is 22.1. The van der Waals surface area contributed by atoms with E-state index in [0.717, 1.165) is 5.69 Å². The molecule has 1 aliphatic rings. The summed E-state index contributed by atoms with van der Waals surface area (Å²) in [5.74, 6) is 0.204. The Morgan fingerprint density at radius 1 is 1.09 bits per heavy atom. The van der Waals surface area contributed by atoms with Crippen molar-refractivity contribution in [3.05, 3.63) is 81.4 Å². The van der Waals surface area contributed by atoms with Gasteiger partial charge in [-0.05, 0) is 18.2 Å². The lowest BCUT2D eigenvalue weighted by Crippen LogP contribution is -2.48. The predicted octanol–water partition coefficient (Wildman–Crippen LogP) is 3.56. The van der Waals surface area contributed by atoms with Crippen LogP contribution in [0.25, 0.3) is 26.6 Å². The molecule has 0 bridgehead atoms. The molecule has 1 aromatic carbocycles. The minimum Gasteiger partial charge on any atom is -0.377 e. The number of rotatable bonds is 3. The van der Waals surface area contributed by atoms with Crippen LogP contribution in [0.3, 0.4) is 0 Å². The van der Waals surface area contributed by atoms with E-state index in [9.17, 15) is 9.59 Å². The smallest absolute Gasteiger partial charge is 0.269 e. The Morgan fingerprint density at radius 3 is 2.62 bits per heavy atom. The van der Waals surface area contributed by atoms with Gasteiger partial charge in [-0.2, -0.15) is 0 Å². The summed E-state index contributed by atoms with van der Waals surface area (Å²) in [7, 11) is 0. The van der Waals surface area contributed by atoms with Crippen molar-refractivity contribution >= 4 is 38.8 Å². The fourth-order valence-electron chi connectivity index (χ4n) is 3.85. The quantitative estimate of drug-likeness (QED) is 0.490. The van der Waals surface area contributed by atoms with Gasteiger partial charge >= 0.3 is 0 Å². The average molecular weight is 443 g/mol. The van der Waals surface area contributed by atoms with Crippen molar-refractivity contribution in [3.63, 3.8) is 0 Å². The summed E-state index contributed by atoms with van der Waals surface area (Å²) in [5, 5.41) is 1.71. The Balaban J connectivity index is 1.41. The Morgan fingerprint density at radius 2 is 1.88 bits per heavy atom. The molecule has 0 radical (unpaired) electrons. The van der Waals surface area contributed by atoms with Crippen LogP contribution in [-0.2, 0) is 0 Å². The number of amides is 1. The highest BCUT2D eigenvalue weighted by atomic mass is 32.1. The summed E-state index contributed by atoms with van der Waals surface area (Å²) in [6.07, 6.45) is 1.63. The summed E-state index contributed by atoms with van der Waals surface area (Å²) in [6.45, 7) is 9.69.